The summed E-state index contributed by atoms with van der Waals surface area (Å²) in [5.41, 5.74) is 7.29. The molecule has 0 saturated heterocycles. The zero-order valence-corrected chi connectivity index (χ0v) is 9.90. The highest BCUT2D eigenvalue weighted by Crippen LogP contribution is 2.32. The second-order valence-electron chi connectivity index (χ2n) is 4.24. The molecule has 5 heteroatoms. The lowest BCUT2D eigenvalue weighted by molar-refractivity contribution is 0.152. The molecule has 0 radical (unpaired) electrons. The van der Waals surface area contributed by atoms with Gasteiger partial charge in [0, 0.05) is 22.2 Å². The predicted octanol–water partition coefficient (Wildman–Crippen LogP) is 3.75. The Morgan fingerprint density at radius 1 is 1.11 bits per heavy atom. The van der Waals surface area contributed by atoms with E-state index in [0.717, 1.165) is 5.39 Å². The number of pyridine rings is 1. The molecule has 0 unspecified atom stereocenters. The number of halogens is 2. The first-order chi connectivity index (χ1) is 9.15. The van der Waals surface area contributed by atoms with E-state index in [1.165, 1.54) is 6.07 Å². The summed E-state index contributed by atoms with van der Waals surface area (Å²) in [7, 11) is 0. The summed E-state index contributed by atoms with van der Waals surface area (Å²) in [6.45, 7) is 0. The molecule has 96 valence electrons. The summed E-state index contributed by atoms with van der Waals surface area (Å²) >= 11 is 0. The molecule has 3 aromatic rings. The third-order valence-corrected chi connectivity index (χ3v) is 2.99. The van der Waals surface area contributed by atoms with Gasteiger partial charge in [-0.05, 0) is 18.2 Å². The molecule has 3 N–H and O–H groups in total. The molecule has 0 fully saturated rings. The fourth-order valence-electron chi connectivity index (χ4n) is 2.10. The van der Waals surface area contributed by atoms with Gasteiger partial charge in [-0.2, -0.15) is 0 Å². The van der Waals surface area contributed by atoms with E-state index in [2.05, 4.69) is 9.97 Å². The first-order valence-electron chi connectivity index (χ1n) is 5.78. The highest BCUT2D eigenvalue weighted by molar-refractivity contribution is 5.84. The number of aromatic nitrogens is 2. The normalized spacial score (nSPS) is 11.3. The van der Waals surface area contributed by atoms with Crippen LogP contribution in [0.3, 0.4) is 0 Å². The van der Waals surface area contributed by atoms with E-state index in [-0.39, 0.29) is 5.56 Å². The van der Waals surface area contributed by atoms with Crippen LogP contribution >= 0.6 is 0 Å². The molecule has 19 heavy (non-hydrogen) atoms. The Bertz CT molecular complexity index is 734. The molecular formula is C14H11F2N3. The van der Waals surface area contributed by atoms with Crippen molar-refractivity contribution in [3.05, 3.63) is 48.0 Å². The van der Waals surface area contributed by atoms with Crippen molar-refractivity contribution < 1.29 is 8.78 Å². The fourth-order valence-corrected chi connectivity index (χ4v) is 2.10. The van der Waals surface area contributed by atoms with E-state index < -0.39 is 6.43 Å². The number of nitrogens with one attached hydrogen (secondary N) is 1. The number of hydrogen-bond donors (Lipinski definition) is 2. The van der Waals surface area contributed by atoms with Crippen molar-refractivity contribution in [3.8, 4) is 11.3 Å². The van der Waals surface area contributed by atoms with E-state index in [4.69, 9.17) is 5.73 Å². The van der Waals surface area contributed by atoms with Gasteiger partial charge in [0.05, 0.1) is 0 Å². The van der Waals surface area contributed by atoms with E-state index in [1.807, 2.05) is 6.07 Å². The lowest BCUT2D eigenvalue weighted by Crippen LogP contribution is -1.90. The monoisotopic (exact) mass is 259 g/mol. The molecule has 1 aromatic carbocycles. The lowest BCUT2D eigenvalue weighted by atomic mass is 10.1. The summed E-state index contributed by atoms with van der Waals surface area (Å²) in [5, 5.41) is 0.841. The molecule has 0 atom stereocenters. The van der Waals surface area contributed by atoms with Crippen molar-refractivity contribution in [2.24, 2.45) is 0 Å². The molecule has 3 rings (SSSR count). The van der Waals surface area contributed by atoms with Crippen LogP contribution in [0.2, 0.25) is 0 Å². The van der Waals surface area contributed by atoms with Gasteiger partial charge in [-0.1, -0.05) is 24.3 Å². The van der Waals surface area contributed by atoms with Gasteiger partial charge in [-0.25, -0.2) is 13.8 Å². The summed E-state index contributed by atoms with van der Waals surface area (Å²) < 4.78 is 26.0. The van der Waals surface area contributed by atoms with Crippen LogP contribution in [0, 0.1) is 0 Å². The van der Waals surface area contributed by atoms with Crippen LogP contribution in [0.1, 0.15) is 12.0 Å². The number of hydrogen-bond acceptors (Lipinski definition) is 2. The minimum atomic E-state index is -2.51. The van der Waals surface area contributed by atoms with Gasteiger partial charge in [-0.3, -0.25) is 0 Å². The summed E-state index contributed by atoms with van der Waals surface area (Å²) in [4.78, 5) is 7.15. The number of anilines is 1. The third kappa shape index (κ3) is 2.03. The Labute approximate surface area is 108 Å². The number of H-pyrrole nitrogens is 1. The third-order valence-electron chi connectivity index (χ3n) is 2.99. The van der Waals surface area contributed by atoms with Gasteiger partial charge in [0.25, 0.3) is 6.43 Å². The molecule has 0 aliphatic heterocycles. The second-order valence-corrected chi connectivity index (χ2v) is 4.24. The molecule has 2 aromatic heterocycles. The van der Waals surface area contributed by atoms with Crippen molar-refractivity contribution in [2.75, 3.05) is 5.73 Å². The van der Waals surface area contributed by atoms with Crippen LogP contribution in [0.5, 0.6) is 0 Å². The molecule has 0 saturated carbocycles. The van der Waals surface area contributed by atoms with Gasteiger partial charge in [0.1, 0.15) is 11.5 Å². The zero-order valence-electron chi connectivity index (χ0n) is 9.90. The first kappa shape index (κ1) is 11.6. The van der Waals surface area contributed by atoms with Gasteiger partial charge in [0.2, 0.25) is 0 Å². The smallest absolute Gasteiger partial charge is 0.264 e. The zero-order chi connectivity index (χ0) is 13.4. The highest BCUT2D eigenvalue weighted by Gasteiger charge is 2.15. The van der Waals surface area contributed by atoms with Crippen LogP contribution in [0.4, 0.5) is 14.6 Å². The molecule has 0 aliphatic rings. The highest BCUT2D eigenvalue weighted by atomic mass is 19.3. The van der Waals surface area contributed by atoms with E-state index in [1.54, 1.807) is 30.3 Å². The number of rotatable bonds is 2. The maximum absolute atomic E-state index is 13.0. The van der Waals surface area contributed by atoms with Crippen LogP contribution in [0.15, 0.2) is 42.5 Å². The SMILES string of the molecule is Nc1ccc2cc(-c3ccccc3C(F)F)[nH]c2n1. The second kappa shape index (κ2) is 4.35. The Morgan fingerprint density at radius 3 is 2.68 bits per heavy atom. The Balaban J connectivity index is 2.19. The predicted molar refractivity (Wildman–Crippen MR) is 70.9 cm³/mol. The molecule has 0 spiro atoms. The van der Waals surface area contributed by atoms with Crippen molar-refractivity contribution in [1.29, 1.82) is 0 Å². The van der Waals surface area contributed by atoms with Crippen molar-refractivity contribution in [1.82, 2.24) is 9.97 Å². The Morgan fingerprint density at radius 2 is 1.89 bits per heavy atom. The standard InChI is InChI=1S/C14H11F2N3/c15-13(16)10-4-2-1-3-9(10)11-7-8-5-6-12(17)19-14(8)18-11/h1-7,13H,(H3,17,18,19). The number of nitrogen functional groups attached to an aromatic ring is 1. The van der Waals surface area contributed by atoms with Crippen LogP contribution in [-0.2, 0) is 0 Å². The Kier molecular flexibility index (Phi) is 2.67. The van der Waals surface area contributed by atoms with Gasteiger partial charge in [-0.15, -0.1) is 0 Å². The van der Waals surface area contributed by atoms with Crippen LogP contribution in [0.25, 0.3) is 22.3 Å². The van der Waals surface area contributed by atoms with E-state index in [9.17, 15) is 8.78 Å². The number of aromatic amines is 1. The topological polar surface area (TPSA) is 54.7 Å². The van der Waals surface area contributed by atoms with Crippen molar-refractivity contribution in [3.63, 3.8) is 0 Å². The molecule has 0 aliphatic carbocycles. The first-order valence-corrected chi connectivity index (χ1v) is 5.78. The minimum Gasteiger partial charge on any atom is -0.384 e. The molecule has 0 bridgehead atoms. The molecule has 2 heterocycles. The maximum atomic E-state index is 13.0. The van der Waals surface area contributed by atoms with Crippen molar-refractivity contribution in [2.45, 2.75) is 6.43 Å². The minimum absolute atomic E-state index is 0.00188. The molecule has 0 amide bonds. The summed E-state index contributed by atoms with van der Waals surface area (Å²) in [6.07, 6.45) is -2.51. The number of nitrogens with two attached hydrogens (primary N) is 1. The lowest BCUT2D eigenvalue weighted by Gasteiger charge is -2.06. The maximum Gasteiger partial charge on any atom is 0.264 e. The van der Waals surface area contributed by atoms with E-state index >= 15 is 0 Å². The summed E-state index contributed by atoms with van der Waals surface area (Å²) in [5.74, 6) is 0.392. The van der Waals surface area contributed by atoms with Gasteiger partial charge < -0.3 is 10.7 Å². The average molecular weight is 259 g/mol. The van der Waals surface area contributed by atoms with Gasteiger partial charge >= 0.3 is 0 Å². The fraction of sp³-hybridized carbons (Fsp3) is 0.0714. The average Bonchev–Trinajstić information content (AvgIpc) is 2.81. The number of nitrogens with zero attached hydrogens (tertiary/aromatic N) is 1. The molecule has 3 nitrogen and oxygen atoms in total. The quantitative estimate of drug-likeness (QED) is 0.736. The number of alkyl halides is 2. The van der Waals surface area contributed by atoms with E-state index in [0.29, 0.717) is 22.7 Å². The molecular weight excluding hydrogens is 248 g/mol. The van der Waals surface area contributed by atoms with Crippen molar-refractivity contribution >= 4 is 16.9 Å². The number of benzene rings is 1. The summed E-state index contributed by atoms with van der Waals surface area (Å²) in [6, 6.07) is 11.7. The Hall–Kier alpha value is -2.43. The van der Waals surface area contributed by atoms with Crippen LogP contribution < -0.4 is 5.73 Å². The largest absolute Gasteiger partial charge is 0.384 e. The number of fused-ring (bicyclic) bond motifs is 1. The van der Waals surface area contributed by atoms with Gasteiger partial charge in [0.15, 0.2) is 0 Å². The van der Waals surface area contributed by atoms with Crippen LogP contribution in [-0.4, -0.2) is 9.97 Å².